The van der Waals surface area contributed by atoms with Crippen LogP contribution in [0.25, 0.3) is 0 Å². The molecule has 166 valence electrons. The second kappa shape index (κ2) is 11.1. The van der Waals surface area contributed by atoms with Crippen LogP contribution in [0.2, 0.25) is 0 Å². The van der Waals surface area contributed by atoms with Gasteiger partial charge in [-0.2, -0.15) is 0 Å². The predicted molar refractivity (Wildman–Crippen MR) is 126 cm³/mol. The lowest BCUT2D eigenvalue weighted by Crippen LogP contribution is -2.49. The molecule has 1 aromatic carbocycles. The Morgan fingerprint density at radius 3 is 2.30 bits per heavy atom. The zero-order valence-electron chi connectivity index (χ0n) is 18.9. The molecule has 2 N–H and O–H groups in total. The van der Waals surface area contributed by atoms with E-state index < -0.39 is 0 Å². The first-order valence-corrected chi connectivity index (χ1v) is 12.4. The van der Waals surface area contributed by atoms with Gasteiger partial charge in [0.15, 0.2) is 5.96 Å². The summed E-state index contributed by atoms with van der Waals surface area (Å²) in [7, 11) is 0. The molecule has 0 atom stereocenters. The minimum atomic E-state index is 0.546. The number of aliphatic imine (C=N–C) groups is 1. The average molecular weight is 412 g/mol. The fourth-order valence-electron chi connectivity index (χ4n) is 4.93. The number of hydrogen-bond donors (Lipinski definition) is 2. The summed E-state index contributed by atoms with van der Waals surface area (Å²) in [6.07, 6.45) is 10.7. The van der Waals surface area contributed by atoms with Gasteiger partial charge < -0.3 is 15.5 Å². The summed E-state index contributed by atoms with van der Waals surface area (Å²) in [5.41, 5.74) is 2.80. The molecule has 3 aliphatic rings. The van der Waals surface area contributed by atoms with Crippen LogP contribution in [0.4, 0.5) is 0 Å². The summed E-state index contributed by atoms with van der Waals surface area (Å²) in [5, 5.41) is 7.19. The molecule has 0 radical (unpaired) electrons. The average Bonchev–Trinajstić information content (AvgIpc) is 3.62. The number of guanidine groups is 1. The van der Waals surface area contributed by atoms with Gasteiger partial charge in [0.2, 0.25) is 0 Å². The first-order valence-electron chi connectivity index (χ1n) is 12.4. The molecule has 3 fully saturated rings. The van der Waals surface area contributed by atoms with Crippen molar-refractivity contribution in [3.8, 4) is 0 Å². The molecule has 4 rings (SSSR count). The van der Waals surface area contributed by atoms with Crippen molar-refractivity contribution >= 4 is 5.96 Å². The summed E-state index contributed by atoms with van der Waals surface area (Å²) >= 11 is 0. The van der Waals surface area contributed by atoms with Crippen molar-refractivity contribution in [2.24, 2.45) is 4.99 Å². The summed E-state index contributed by atoms with van der Waals surface area (Å²) in [5.74, 6) is 0.979. The number of nitrogens with zero attached hydrogens (tertiary/aromatic N) is 3. The van der Waals surface area contributed by atoms with Gasteiger partial charge in [-0.25, -0.2) is 4.99 Å². The van der Waals surface area contributed by atoms with Gasteiger partial charge in [0, 0.05) is 38.3 Å². The normalized spacial score (nSPS) is 22.6. The molecule has 30 heavy (non-hydrogen) atoms. The van der Waals surface area contributed by atoms with Crippen molar-refractivity contribution < 1.29 is 0 Å². The van der Waals surface area contributed by atoms with Crippen LogP contribution in [-0.2, 0) is 13.1 Å². The first kappa shape index (κ1) is 21.6. The smallest absolute Gasteiger partial charge is 0.191 e. The largest absolute Gasteiger partial charge is 0.357 e. The van der Waals surface area contributed by atoms with Crippen LogP contribution in [0.3, 0.4) is 0 Å². The molecule has 2 saturated heterocycles. The molecule has 0 bridgehead atoms. The number of piperidine rings is 1. The van der Waals surface area contributed by atoms with Crippen molar-refractivity contribution in [1.29, 1.82) is 0 Å². The number of nitrogens with one attached hydrogen (secondary N) is 2. The van der Waals surface area contributed by atoms with Gasteiger partial charge in [-0.15, -0.1) is 0 Å². The van der Waals surface area contributed by atoms with E-state index in [0.717, 1.165) is 31.6 Å². The Bertz CT molecular complexity index is 668. The molecule has 1 saturated carbocycles. The molecule has 0 spiro atoms. The van der Waals surface area contributed by atoms with E-state index in [1.54, 1.807) is 0 Å². The Labute approximate surface area is 183 Å². The van der Waals surface area contributed by atoms with E-state index in [-0.39, 0.29) is 0 Å². The highest BCUT2D eigenvalue weighted by Gasteiger charge is 2.31. The van der Waals surface area contributed by atoms with Crippen molar-refractivity contribution in [1.82, 2.24) is 20.4 Å². The van der Waals surface area contributed by atoms with Crippen LogP contribution < -0.4 is 10.6 Å². The van der Waals surface area contributed by atoms with Crippen LogP contribution in [0.5, 0.6) is 0 Å². The minimum Gasteiger partial charge on any atom is -0.357 e. The SMILES string of the molecule is CCNC(=NCc1ccccc1CN1CCCCCC1)NC1CCN(C2CC2)CC1. The van der Waals surface area contributed by atoms with E-state index in [1.807, 2.05) is 0 Å². The first-order chi connectivity index (χ1) is 14.8. The lowest BCUT2D eigenvalue weighted by molar-refractivity contribution is 0.197. The van der Waals surface area contributed by atoms with Crippen molar-refractivity contribution in [3.63, 3.8) is 0 Å². The monoisotopic (exact) mass is 411 g/mol. The van der Waals surface area contributed by atoms with E-state index in [0.29, 0.717) is 6.04 Å². The highest BCUT2D eigenvalue weighted by atomic mass is 15.2. The van der Waals surface area contributed by atoms with Crippen LogP contribution in [0.1, 0.15) is 69.4 Å². The highest BCUT2D eigenvalue weighted by Crippen LogP contribution is 2.29. The van der Waals surface area contributed by atoms with E-state index in [1.165, 1.54) is 88.7 Å². The third-order valence-corrected chi connectivity index (χ3v) is 6.90. The van der Waals surface area contributed by atoms with Gasteiger partial charge in [-0.1, -0.05) is 37.1 Å². The standard InChI is InChI=1S/C25H41N5/c1-2-26-25(28-23-13-17-30(18-14-23)24-11-12-24)27-19-21-9-5-6-10-22(21)20-29-15-7-3-4-8-16-29/h5-6,9-10,23-24H,2-4,7-8,11-20H2,1H3,(H2,26,27,28). The van der Waals surface area contributed by atoms with Gasteiger partial charge in [0.25, 0.3) is 0 Å². The predicted octanol–water partition coefficient (Wildman–Crippen LogP) is 3.74. The minimum absolute atomic E-state index is 0.546. The zero-order valence-corrected chi connectivity index (χ0v) is 18.9. The lowest BCUT2D eigenvalue weighted by atomic mass is 10.1. The summed E-state index contributed by atoms with van der Waals surface area (Å²) in [4.78, 5) is 10.3. The summed E-state index contributed by atoms with van der Waals surface area (Å²) in [6.45, 7) is 9.82. The molecule has 5 heteroatoms. The molecular weight excluding hydrogens is 370 g/mol. The van der Waals surface area contributed by atoms with Gasteiger partial charge in [-0.3, -0.25) is 4.90 Å². The Kier molecular flexibility index (Phi) is 8.04. The van der Waals surface area contributed by atoms with Crippen LogP contribution >= 0.6 is 0 Å². The fraction of sp³-hybridized carbons (Fsp3) is 0.720. The Morgan fingerprint density at radius 1 is 0.933 bits per heavy atom. The number of rotatable bonds is 7. The quantitative estimate of drug-likeness (QED) is 0.530. The molecule has 0 amide bonds. The number of likely N-dealkylation sites (tertiary alicyclic amines) is 2. The molecule has 1 aliphatic carbocycles. The van der Waals surface area contributed by atoms with Crippen LogP contribution in [0.15, 0.2) is 29.3 Å². The van der Waals surface area contributed by atoms with Crippen molar-refractivity contribution in [3.05, 3.63) is 35.4 Å². The highest BCUT2D eigenvalue weighted by molar-refractivity contribution is 5.80. The van der Waals surface area contributed by atoms with Crippen molar-refractivity contribution in [2.75, 3.05) is 32.7 Å². The maximum Gasteiger partial charge on any atom is 0.191 e. The Morgan fingerprint density at radius 2 is 1.63 bits per heavy atom. The topological polar surface area (TPSA) is 42.9 Å². The van der Waals surface area contributed by atoms with E-state index in [4.69, 9.17) is 4.99 Å². The number of benzene rings is 1. The van der Waals surface area contributed by atoms with E-state index in [9.17, 15) is 0 Å². The molecule has 5 nitrogen and oxygen atoms in total. The molecule has 2 heterocycles. The molecule has 2 aliphatic heterocycles. The maximum atomic E-state index is 4.98. The molecular formula is C25H41N5. The summed E-state index contributed by atoms with van der Waals surface area (Å²) < 4.78 is 0. The van der Waals surface area contributed by atoms with Gasteiger partial charge in [0.05, 0.1) is 6.54 Å². The second-order valence-electron chi connectivity index (χ2n) is 9.34. The summed E-state index contributed by atoms with van der Waals surface area (Å²) in [6, 6.07) is 10.3. The Balaban J connectivity index is 1.34. The third kappa shape index (κ3) is 6.45. The molecule has 1 aromatic rings. The van der Waals surface area contributed by atoms with E-state index >= 15 is 0 Å². The van der Waals surface area contributed by atoms with Gasteiger partial charge in [0.1, 0.15) is 0 Å². The van der Waals surface area contributed by atoms with Gasteiger partial charge in [-0.05, 0) is 69.7 Å². The molecule has 0 aromatic heterocycles. The molecule has 0 unspecified atom stereocenters. The van der Waals surface area contributed by atoms with Crippen molar-refractivity contribution in [2.45, 2.75) is 83.5 Å². The number of hydrogen-bond acceptors (Lipinski definition) is 3. The maximum absolute atomic E-state index is 4.98. The van der Waals surface area contributed by atoms with Crippen LogP contribution in [-0.4, -0.2) is 60.6 Å². The van der Waals surface area contributed by atoms with Gasteiger partial charge >= 0.3 is 0 Å². The van der Waals surface area contributed by atoms with Crippen LogP contribution in [0, 0.1) is 0 Å². The zero-order chi connectivity index (χ0) is 20.6. The second-order valence-corrected chi connectivity index (χ2v) is 9.34. The Hall–Kier alpha value is -1.59. The van der Waals surface area contributed by atoms with E-state index in [2.05, 4.69) is 51.6 Å². The lowest BCUT2D eigenvalue weighted by Gasteiger charge is -2.33. The fourth-order valence-corrected chi connectivity index (χ4v) is 4.93. The third-order valence-electron chi connectivity index (χ3n) is 6.90.